The third-order valence-electron chi connectivity index (χ3n) is 4.45. The van der Waals surface area contributed by atoms with Crippen molar-refractivity contribution in [1.29, 1.82) is 0 Å². The molecule has 26 heavy (non-hydrogen) atoms. The molecular weight excluding hydrogens is 320 g/mol. The lowest BCUT2D eigenvalue weighted by molar-refractivity contribution is 1.10. The van der Waals surface area contributed by atoms with Gasteiger partial charge in [-0.2, -0.15) is 5.10 Å². The second kappa shape index (κ2) is 6.76. The lowest BCUT2D eigenvalue weighted by Crippen LogP contribution is -2.09. The number of nitrogens with two attached hydrogens (primary N) is 1. The molecule has 0 spiro atoms. The molecule has 0 atom stereocenters. The number of hydrogen-bond acceptors (Lipinski definition) is 3. The Labute approximate surface area is 152 Å². The third kappa shape index (κ3) is 3.17. The van der Waals surface area contributed by atoms with Crippen LogP contribution in [0.5, 0.6) is 0 Å². The molecule has 0 saturated carbocycles. The number of anilines is 3. The van der Waals surface area contributed by atoms with E-state index in [2.05, 4.69) is 51.5 Å². The van der Waals surface area contributed by atoms with Gasteiger partial charge in [-0.05, 0) is 48.0 Å². The van der Waals surface area contributed by atoms with Crippen LogP contribution >= 0.6 is 0 Å². The first-order valence-electron chi connectivity index (χ1n) is 8.51. The van der Waals surface area contributed by atoms with Gasteiger partial charge in [-0.25, -0.2) is 0 Å². The lowest BCUT2D eigenvalue weighted by atomic mass is 10.1. The fourth-order valence-electron chi connectivity index (χ4n) is 2.99. The van der Waals surface area contributed by atoms with Gasteiger partial charge in [-0.15, -0.1) is 0 Å². The number of nitrogens with one attached hydrogen (secondary N) is 1. The Morgan fingerprint density at radius 2 is 1.69 bits per heavy atom. The zero-order valence-corrected chi connectivity index (χ0v) is 14.6. The Bertz CT molecular complexity index is 1060. The number of aromatic nitrogens is 2. The molecule has 1 heterocycles. The summed E-state index contributed by atoms with van der Waals surface area (Å²) in [7, 11) is 2.03. The smallest absolute Gasteiger partial charge is 0.0927 e. The molecule has 0 bridgehead atoms. The highest BCUT2D eigenvalue weighted by Gasteiger charge is 2.08. The molecule has 0 unspecified atom stereocenters. The summed E-state index contributed by atoms with van der Waals surface area (Å²) < 4.78 is 0. The van der Waals surface area contributed by atoms with Crippen molar-refractivity contribution in [2.24, 2.45) is 0 Å². The summed E-state index contributed by atoms with van der Waals surface area (Å²) >= 11 is 0. The Hall–Kier alpha value is -3.53. The van der Waals surface area contributed by atoms with E-state index in [1.54, 1.807) is 0 Å². The fourth-order valence-corrected chi connectivity index (χ4v) is 2.99. The molecule has 0 saturated heterocycles. The van der Waals surface area contributed by atoms with E-state index < -0.39 is 0 Å². The third-order valence-corrected chi connectivity index (χ3v) is 4.45. The van der Waals surface area contributed by atoms with Gasteiger partial charge in [0.15, 0.2) is 0 Å². The maximum Gasteiger partial charge on any atom is 0.0927 e. The van der Waals surface area contributed by atoms with Crippen molar-refractivity contribution in [2.45, 2.75) is 0 Å². The van der Waals surface area contributed by atoms with Crippen LogP contribution < -0.4 is 10.6 Å². The van der Waals surface area contributed by atoms with E-state index in [-0.39, 0.29) is 0 Å². The number of nitrogens with zero attached hydrogens (tertiary/aromatic N) is 2. The van der Waals surface area contributed by atoms with Crippen LogP contribution in [0.3, 0.4) is 0 Å². The zero-order chi connectivity index (χ0) is 17.9. The van der Waals surface area contributed by atoms with E-state index in [0.717, 1.165) is 39.2 Å². The Balaban J connectivity index is 1.64. The summed E-state index contributed by atoms with van der Waals surface area (Å²) in [5, 5.41) is 8.68. The summed E-state index contributed by atoms with van der Waals surface area (Å²) in [5.74, 6) is 0. The maximum absolute atomic E-state index is 5.90. The van der Waals surface area contributed by atoms with Crippen molar-refractivity contribution in [3.05, 3.63) is 84.1 Å². The first-order chi connectivity index (χ1) is 12.7. The van der Waals surface area contributed by atoms with E-state index in [4.69, 9.17) is 5.73 Å². The van der Waals surface area contributed by atoms with Crippen LogP contribution in [0.25, 0.3) is 23.1 Å². The lowest BCUT2D eigenvalue weighted by Gasteiger charge is -2.19. The van der Waals surface area contributed by atoms with Crippen LogP contribution in [0.2, 0.25) is 0 Å². The number of H-pyrrole nitrogens is 1. The van der Waals surface area contributed by atoms with Crippen LogP contribution in [0, 0.1) is 0 Å². The largest absolute Gasteiger partial charge is 0.399 e. The normalized spacial score (nSPS) is 11.3. The van der Waals surface area contributed by atoms with Crippen LogP contribution in [-0.2, 0) is 0 Å². The van der Waals surface area contributed by atoms with Crippen molar-refractivity contribution in [3.63, 3.8) is 0 Å². The highest BCUT2D eigenvalue weighted by Crippen LogP contribution is 2.28. The van der Waals surface area contributed by atoms with Gasteiger partial charge in [0, 0.05) is 29.5 Å². The summed E-state index contributed by atoms with van der Waals surface area (Å²) in [4.78, 5) is 2.11. The minimum absolute atomic E-state index is 0.755. The molecule has 1 aromatic heterocycles. The molecule has 4 rings (SSSR count). The summed E-state index contributed by atoms with van der Waals surface area (Å²) in [6.07, 6.45) is 4.11. The van der Waals surface area contributed by atoms with E-state index >= 15 is 0 Å². The number of benzene rings is 3. The van der Waals surface area contributed by atoms with Crippen molar-refractivity contribution in [1.82, 2.24) is 10.2 Å². The molecular formula is C22H20N4. The molecule has 128 valence electrons. The van der Waals surface area contributed by atoms with E-state index in [9.17, 15) is 0 Å². The van der Waals surface area contributed by atoms with Crippen LogP contribution in [0.4, 0.5) is 17.1 Å². The van der Waals surface area contributed by atoms with Crippen molar-refractivity contribution >= 4 is 40.1 Å². The highest BCUT2D eigenvalue weighted by atomic mass is 15.1. The van der Waals surface area contributed by atoms with Crippen molar-refractivity contribution < 1.29 is 0 Å². The maximum atomic E-state index is 5.90. The Kier molecular flexibility index (Phi) is 4.15. The first-order valence-corrected chi connectivity index (χ1v) is 8.51. The molecule has 4 heteroatoms. The molecule has 4 nitrogen and oxygen atoms in total. The van der Waals surface area contributed by atoms with Gasteiger partial charge in [-0.1, -0.05) is 42.5 Å². The van der Waals surface area contributed by atoms with E-state index in [1.165, 1.54) is 0 Å². The summed E-state index contributed by atoms with van der Waals surface area (Å²) in [5.41, 5.74) is 11.9. The minimum atomic E-state index is 0.755. The second-order valence-corrected chi connectivity index (χ2v) is 6.24. The second-order valence-electron chi connectivity index (χ2n) is 6.24. The minimum Gasteiger partial charge on any atom is -0.399 e. The van der Waals surface area contributed by atoms with E-state index in [0.29, 0.717) is 0 Å². The molecule has 0 amide bonds. The molecule has 4 aromatic rings. The van der Waals surface area contributed by atoms with Crippen molar-refractivity contribution in [3.8, 4) is 0 Å². The number of nitrogen functional groups attached to an aromatic ring is 1. The van der Waals surface area contributed by atoms with Gasteiger partial charge in [0.2, 0.25) is 0 Å². The van der Waals surface area contributed by atoms with E-state index in [1.807, 2.05) is 55.6 Å². The predicted octanol–water partition coefficient (Wildman–Crippen LogP) is 5.08. The number of aromatic amines is 1. The number of rotatable bonds is 4. The average molecular weight is 340 g/mol. The molecule has 0 fully saturated rings. The number of fused-ring (bicyclic) bond motifs is 1. The molecule has 0 aliphatic rings. The Morgan fingerprint density at radius 1 is 0.885 bits per heavy atom. The quantitative estimate of drug-likeness (QED) is 0.509. The molecule has 3 aromatic carbocycles. The topological polar surface area (TPSA) is 57.9 Å². The van der Waals surface area contributed by atoms with Gasteiger partial charge >= 0.3 is 0 Å². The van der Waals surface area contributed by atoms with Crippen LogP contribution in [0.15, 0.2) is 72.8 Å². The van der Waals surface area contributed by atoms with Crippen LogP contribution in [-0.4, -0.2) is 17.2 Å². The monoisotopic (exact) mass is 340 g/mol. The molecule has 0 radical (unpaired) electrons. The van der Waals surface area contributed by atoms with Gasteiger partial charge in [0.1, 0.15) is 0 Å². The predicted molar refractivity (Wildman–Crippen MR) is 110 cm³/mol. The SMILES string of the molecule is CN(c1cccc(N)c1)c1ccc2c(/C=C/c3ccccc3)n[nH]c2c1. The molecule has 3 N–H and O–H groups in total. The molecule has 0 aliphatic carbocycles. The average Bonchev–Trinajstić information content (AvgIpc) is 3.09. The fraction of sp³-hybridized carbons (Fsp3) is 0.0455. The summed E-state index contributed by atoms with van der Waals surface area (Å²) in [6, 6.07) is 24.4. The standard InChI is InChI=1S/C22H20N4/c1-26(18-9-5-8-17(23)14-18)19-11-12-20-21(24-25-22(20)15-19)13-10-16-6-3-2-4-7-16/h2-15H,23H2,1H3,(H,24,25)/b13-10+. The highest BCUT2D eigenvalue weighted by molar-refractivity contribution is 5.91. The van der Waals surface area contributed by atoms with Crippen LogP contribution in [0.1, 0.15) is 11.3 Å². The van der Waals surface area contributed by atoms with Gasteiger partial charge < -0.3 is 10.6 Å². The van der Waals surface area contributed by atoms with Crippen molar-refractivity contribution in [2.75, 3.05) is 17.7 Å². The Morgan fingerprint density at radius 3 is 2.50 bits per heavy atom. The first kappa shape index (κ1) is 16.0. The van der Waals surface area contributed by atoms with Gasteiger partial charge in [0.05, 0.1) is 11.2 Å². The molecule has 0 aliphatic heterocycles. The zero-order valence-electron chi connectivity index (χ0n) is 14.6. The van der Waals surface area contributed by atoms with Gasteiger partial charge in [-0.3, -0.25) is 5.10 Å². The van der Waals surface area contributed by atoms with Gasteiger partial charge in [0.25, 0.3) is 0 Å². The summed E-state index contributed by atoms with van der Waals surface area (Å²) in [6.45, 7) is 0. The number of hydrogen-bond donors (Lipinski definition) is 2.